The highest BCUT2D eigenvalue weighted by molar-refractivity contribution is 6.01. The molecule has 3 heteroatoms. The molecule has 1 rings (SSSR count). The molecule has 70 valence electrons. The van der Waals surface area contributed by atoms with Crippen LogP contribution >= 0.6 is 0 Å². The minimum absolute atomic E-state index is 0.107. The molecule has 14 heavy (non-hydrogen) atoms. The van der Waals surface area contributed by atoms with E-state index in [0.717, 1.165) is 5.56 Å². The van der Waals surface area contributed by atoms with Crippen molar-refractivity contribution in [3.8, 4) is 11.8 Å². The minimum atomic E-state index is -0.263. The maximum absolute atomic E-state index is 10.9. The van der Waals surface area contributed by atoms with E-state index >= 15 is 0 Å². The molecule has 0 aliphatic carbocycles. The predicted octanol–water partition coefficient (Wildman–Crippen LogP) is 1.89. The molecule has 0 unspecified atom stereocenters. The van der Waals surface area contributed by atoms with Gasteiger partial charge in [0.15, 0.2) is 5.78 Å². The molecule has 0 bridgehead atoms. The summed E-state index contributed by atoms with van der Waals surface area (Å²) in [5, 5.41) is 17.6. The quantitative estimate of drug-likeness (QED) is 0.568. The van der Waals surface area contributed by atoms with Gasteiger partial charge >= 0.3 is 0 Å². The first-order chi connectivity index (χ1) is 6.63. The van der Waals surface area contributed by atoms with Crippen LogP contribution in [0.2, 0.25) is 0 Å². The van der Waals surface area contributed by atoms with Gasteiger partial charge in [0.05, 0.1) is 5.57 Å². The highest BCUT2D eigenvalue weighted by Gasteiger charge is 2.01. The Morgan fingerprint density at radius 2 is 2.00 bits per heavy atom. The van der Waals surface area contributed by atoms with E-state index in [-0.39, 0.29) is 17.1 Å². The summed E-state index contributed by atoms with van der Waals surface area (Å²) in [7, 11) is 0. The van der Waals surface area contributed by atoms with Crippen LogP contribution in [0.1, 0.15) is 12.5 Å². The van der Waals surface area contributed by atoms with E-state index in [1.807, 2.05) is 6.07 Å². The molecule has 0 heterocycles. The number of allylic oxidation sites excluding steroid dienone is 1. The topological polar surface area (TPSA) is 61.1 Å². The smallest absolute Gasteiger partial charge is 0.170 e. The van der Waals surface area contributed by atoms with Crippen LogP contribution < -0.4 is 0 Å². The Hall–Kier alpha value is -2.08. The van der Waals surface area contributed by atoms with Gasteiger partial charge in [-0.05, 0) is 30.7 Å². The molecule has 1 N–H and O–H groups in total. The van der Waals surface area contributed by atoms with Crippen molar-refractivity contribution in [1.82, 2.24) is 0 Å². The van der Waals surface area contributed by atoms with E-state index in [1.165, 1.54) is 25.1 Å². The monoisotopic (exact) mass is 187 g/mol. The number of ketones is 1. The van der Waals surface area contributed by atoms with Crippen LogP contribution in [0.4, 0.5) is 0 Å². The van der Waals surface area contributed by atoms with E-state index < -0.39 is 0 Å². The van der Waals surface area contributed by atoms with Gasteiger partial charge in [-0.1, -0.05) is 12.1 Å². The van der Waals surface area contributed by atoms with Gasteiger partial charge in [-0.25, -0.2) is 0 Å². The highest BCUT2D eigenvalue weighted by atomic mass is 16.3. The lowest BCUT2D eigenvalue weighted by atomic mass is 10.1. The van der Waals surface area contributed by atoms with E-state index in [9.17, 15) is 4.79 Å². The average Bonchev–Trinajstić information content (AvgIpc) is 2.16. The third-order valence-corrected chi connectivity index (χ3v) is 1.70. The van der Waals surface area contributed by atoms with Crippen LogP contribution in [0.25, 0.3) is 6.08 Å². The summed E-state index contributed by atoms with van der Waals surface area (Å²) in [6.07, 6.45) is 1.49. The molecule has 0 amide bonds. The lowest BCUT2D eigenvalue weighted by Gasteiger charge is -1.95. The number of hydrogen-bond acceptors (Lipinski definition) is 3. The van der Waals surface area contributed by atoms with Crippen LogP contribution in [0.5, 0.6) is 5.75 Å². The number of carbonyl (C=O) groups is 1. The van der Waals surface area contributed by atoms with Crippen molar-refractivity contribution in [2.45, 2.75) is 6.92 Å². The number of phenols is 1. The zero-order valence-electron chi connectivity index (χ0n) is 7.69. The Morgan fingerprint density at radius 1 is 1.43 bits per heavy atom. The number of rotatable bonds is 2. The zero-order valence-corrected chi connectivity index (χ0v) is 7.69. The van der Waals surface area contributed by atoms with Gasteiger partial charge < -0.3 is 5.11 Å². The summed E-state index contributed by atoms with van der Waals surface area (Å²) < 4.78 is 0. The van der Waals surface area contributed by atoms with Crippen molar-refractivity contribution in [2.24, 2.45) is 0 Å². The van der Waals surface area contributed by atoms with E-state index in [4.69, 9.17) is 10.4 Å². The second kappa shape index (κ2) is 4.24. The van der Waals surface area contributed by atoms with Gasteiger partial charge in [-0.15, -0.1) is 0 Å². The first-order valence-electron chi connectivity index (χ1n) is 4.05. The molecule has 0 atom stereocenters. The summed E-state index contributed by atoms with van der Waals surface area (Å²) in [5.41, 5.74) is 0.824. The molecule has 0 aliphatic heterocycles. The van der Waals surface area contributed by atoms with Crippen LogP contribution in [0.3, 0.4) is 0 Å². The fourth-order valence-electron chi connectivity index (χ4n) is 0.950. The number of carbonyl (C=O) groups excluding carboxylic acids is 1. The summed E-state index contributed by atoms with van der Waals surface area (Å²) >= 11 is 0. The van der Waals surface area contributed by atoms with Gasteiger partial charge in [0.2, 0.25) is 0 Å². The third kappa shape index (κ3) is 2.46. The molecule has 0 radical (unpaired) electrons. The number of nitrogens with zero attached hydrogens (tertiary/aromatic N) is 1. The van der Waals surface area contributed by atoms with E-state index in [2.05, 4.69) is 0 Å². The van der Waals surface area contributed by atoms with Crippen molar-refractivity contribution in [2.75, 3.05) is 0 Å². The molecule has 3 nitrogen and oxygen atoms in total. The maximum atomic E-state index is 10.9. The summed E-state index contributed by atoms with van der Waals surface area (Å²) in [6.45, 7) is 1.34. The molecule has 0 saturated heterocycles. The van der Waals surface area contributed by atoms with Gasteiger partial charge in [0, 0.05) is 0 Å². The zero-order chi connectivity index (χ0) is 10.6. The number of Topliss-reactive ketones (excluding diaryl/α,β-unsaturated/α-hetero) is 1. The van der Waals surface area contributed by atoms with Crippen molar-refractivity contribution < 1.29 is 9.90 Å². The highest BCUT2D eigenvalue weighted by Crippen LogP contribution is 2.12. The molecule has 0 aromatic heterocycles. The Morgan fingerprint density at radius 3 is 2.43 bits per heavy atom. The van der Waals surface area contributed by atoms with Crippen molar-refractivity contribution in [3.63, 3.8) is 0 Å². The molecular formula is C11H9NO2. The normalized spacial score (nSPS) is 10.7. The maximum Gasteiger partial charge on any atom is 0.170 e. The molecule has 0 fully saturated rings. The first-order valence-corrected chi connectivity index (χ1v) is 4.05. The van der Waals surface area contributed by atoms with Crippen LogP contribution in [0, 0.1) is 11.3 Å². The number of nitriles is 1. The second-order valence-corrected chi connectivity index (χ2v) is 2.82. The minimum Gasteiger partial charge on any atom is -0.508 e. The number of phenolic OH excluding ortho intramolecular Hbond substituents is 1. The Labute approximate surface area is 81.9 Å². The fraction of sp³-hybridized carbons (Fsp3) is 0.0909. The summed E-state index contributed by atoms with van der Waals surface area (Å²) in [4.78, 5) is 10.9. The molecule has 0 saturated carbocycles. The Balaban J connectivity index is 3.03. The Kier molecular flexibility index (Phi) is 3.03. The second-order valence-electron chi connectivity index (χ2n) is 2.82. The molecule has 1 aromatic carbocycles. The Bertz CT molecular complexity index is 410. The molecule has 0 spiro atoms. The van der Waals surface area contributed by atoms with Crippen molar-refractivity contribution >= 4 is 11.9 Å². The van der Waals surface area contributed by atoms with Gasteiger partial charge in [-0.2, -0.15) is 5.26 Å². The summed E-state index contributed by atoms with van der Waals surface area (Å²) in [5.74, 6) is -0.107. The fourth-order valence-corrected chi connectivity index (χ4v) is 0.950. The van der Waals surface area contributed by atoms with Crippen LogP contribution in [-0.2, 0) is 4.79 Å². The number of aromatic hydroxyl groups is 1. The van der Waals surface area contributed by atoms with Crippen molar-refractivity contribution in [1.29, 1.82) is 5.26 Å². The SMILES string of the molecule is CC(=O)C(C#N)=Cc1ccc(O)cc1. The lowest BCUT2D eigenvalue weighted by Crippen LogP contribution is -1.92. The first kappa shape index (κ1) is 10.0. The average molecular weight is 187 g/mol. The number of hydrogen-bond donors (Lipinski definition) is 1. The standard InChI is InChI=1S/C11H9NO2/c1-8(13)10(7-12)6-9-2-4-11(14)5-3-9/h2-6,14H,1H3. The van der Waals surface area contributed by atoms with E-state index in [0.29, 0.717) is 0 Å². The number of benzene rings is 1. The van der Waals surface area contributed by atoms with Gasteiger partial charge in [0.1, 0.15) is 11.8 Å². The van der Waals surface area contributed by atoms with E-state index in [1.54, 1.807) is 12.1 Å². The van der Waals surface area contributed by atoms with Crippen LogP contribution in [0.15, 0.2) is 29.8 Å². The third-order valence-electron chi connectivity index (χ3n) is 1.70. The molecule has 1 aromatic rings. The predicted molar refractivity (Wildman–Crippen MR) is 52.4 cm³/mol. The van der Waals surface area contributed by atoms with Crippen molar-refractivity contribution in [3.05, 3.63) is 35.4 Å². The largest absolute Gasteiger partial charge is 0.508 e. The lowest BCUT2D eigenvalue weighted by molar-refractivity contribution is -0.113. The summed E-state index contributed by atoms with van der Waals surface area (Å²) in [6, 6.07) is 8.08. The van der Waals surface area contributed by atoms with Crippen LogP contribution in [-0.4, -0.2) is 10.9 Å². The van der Waals surface area contributed by atoms with Gasteiger partial charge in [-0.3, -0.25) is 4.79 Å². The molecular weight excluding hydrogens is 178 g/mol. The molecule has 0 aliphatic rings. The van der Waals surface area contributed by atoms with Gasteiger partial charge in [0.25, 0.3) is 0 Å².